The van der Waals surface area contributed by atoms with E-state index >= 15 is 0 Å². The van der Waals surface area contributed by atoms with Gasteiger partial charge < -0.3 is 5.32 Å². The molecule has 1 saturated carbocycles. The van der Waals surface area contributed by atoms with Gasteiger partial charge in [-0.2, -0.15) is 5.10 Å². The molecule has 0 spiro atoms. The largest absolute Gasteiger partial charge is 0.368 e. The van der Waals surface area contributed by atoms with Crippen LogP contribution in [0.1, 0.15) is 58.1 Å². The van der Waals surface area contributed by atoms with Crippen molar-refractivity contribution >= 4 is 11.3 Å². The molecule has 0 radical (unpaired) electrons. The highest BCUT2D eigenvalue weighted by Crippen LogP contribution is 2.29. The van der Waals surface area contributed by atoms with Gasteiger partial charge in [-0.25, -0.2) is 9.50 Å². The highest BCUT2D eigenvalue weighted by Gasteiger charge is 2.19. The molecule has 2 atom stereocenters. The van der Waals surface area contributed by atoms with Gasteiger partial charge in [0.05, 0.1) is 5.69 Å². The lowest BCUT2D eigenvalue weighted by Gasteiger charge is -2.26. The zero-order valence-corrected chi connectivity index (χ0v) is 13.3. The third-order valence-electron chi connectivity index (χ3n) is 4.60. The minimum Gasteiger partial charge on any atom is -0.368 e. The molecule has 21 heavy (non-hydrogen) atoms. The molecule has 1 aliphatic rings. The van der Waals surface area contributed by atoms with Crippen molar-refractivity contribution in [3.63, 3.8) is 0 Å². The van der Waals surface area contributed by atoms with Gasteiger partial charge in [0.1, 0.15) is 5.52 Å². The molecule has 2 aromatic heterocycles. The second kappa shape index (κ2) is 6.04. The average molecular weight is 286 g/mol. The molecule has 2 aromatic rings. The van der Waals surface area contributed by atoms with Crippen LogP contribution in [0.2, 0.25) is 0 Å². The first-order valence-corrected chi connectivity index (χ1v) is 8.21. The Kier molecular flexibility index (Phi) is 4.13. The maximum absolute atomic E-state index is 4.62. The molecule has 2 unspecified atom stereocenters. The Morgan fingerprint density at radius 2 is 2.24 bits per heavy atom. The molecule has 1 fully saturated rings. The molecule has 0 aromatic carbocycles. The summed E-state index contributed by atoms with van der Waals surface area (Å²) in [6, 6.07) is 2.16. The van der Waals surface area contributed by atoms with Crippen LogP contribution in [0.25, 0.3) is 5.52 Å². The van der Waals surface area contributed by atoms with E-state index in [1.54, 1.807) is 0 Å². The van der Waals surface area contributed by atoms with Crippen molar-refractivity contribution < 1.29 is 0 Å². The normalized spacial score (nSPS) is 22.9. The van der Waals surface area contributed by atoms with Gasteiger partial charge in [-0.1, -0.05) is 33.6 Å². The summed E-state index contributed by atoms with van der Waals surface area (Å²) < 4.78 is 1.94. The molecule has 0 amide bonds. The van der Waals surface area contributed by atoms with Gasteiger partial charge in [-0.05, 0) is 36.7 Å². The second-order valence-electron chi connectivity index (χ2n) is 6.85. The lowest BCUT2D eigenvalue weighted by molar-refractivity contribution is 0.293. The third kappa shape index (κ3) is 3.20. The van der Waals surface area contributed by atoms with Crippen LogP contribution in [0, 0.1) is 11.8 Å². The van der Waals surface area contributed by atoms with Gasteiger partial charge >= 0.3 is 0 Å². The van der Waals surface area contributed by atoms with Crippen molar-refractivity contribution in [2.45, 2.75) is 52.4 Å². The van der Waals surface area contributed by atoms with Crippen LogP contribution in [0.4, 0.5) is 5.82 Å². The molecular formula is C17H26N4. The summed E-state index contributed by atoms with van der Waals surface area (Å²) in [5.74, 6) is 3.06. The molecule has 0 aliphatic heterocycles. The van der Waals surface area contributed by atoms with Crippen molar-refractivity contribution in [3.05, 3.63) is 24.2 Å². The first-order chi connectivity index (χ1) is 10.1. The van der Waals surface area contributed by atoms with E-state index < -0.39 is 0 Å². The van der Waals surface area contributed by atoms with Crippen LogP contribution in [-0.2, 0) is 0 Å². The fourth-order valence-corrected chi connectivity index (χ4v) is 3.35. The number of aromatic nitrogens is 3. The van der Waals surface area contributed by atoms with Crippen LogP contribution in [-0.4, -0.2) is 21.1 Å². The first kappa shape index (κ1) is 14.4. The quantitative estimate of drug-likeness (QED) is 0.920. The van der Waals surface area contributed by atoms with Crippen molar-refractivity contribution in [2.24, 2.45) is 11.8 Å². The summed E-state index contributed by atoms with van der Waals surface area (Å²) in [5.41, 5.74) is 2.21. The van der Waals surface area contributed by atoms with Gasteiger partial charge in [0, 0.05) is 18.9 Å². The predicted octanol–water partition coefficient (Wildman–Crippen LogP) is 4.09. The molecule has 0 bridgehead atoms. The molecule has 114 valence electrons. The van der Waals surface area contributed by atoms with Gasteiger partial charge in [0.25, 0.3) is 0 Å². The van der Waals surface area contributed by atoms with Crippen molar-refractivity contribution in [1.82, 2.24) is 14.6 Å². The number of fused-ring (bicyclic) bond motifs is 1. The van der Waals surface area contributed by atoms with Crippen LogP contribution in [0.5, 0.6) is 0 Å². The molecule has 2 heterocycles. The zero-order valence-electron chi connectivity index (χ0n) is 13.3. The second-order valence-corrected chi connectivity index (χ2v) is 6.85. The predicted molar refractivity (Wildman–Crippen MR) is 86.7 cm³/mol. The zero-order chi connectivity index (χ0) is 14.8. The number of nitrogens with one attached hydrogen (secondary N) is 1. The SMILES string of the molecule is CC1CCCC(CNc2nccn3nc(C(C)C)cc23)C1. The van der Waals surface area contributed by atoms with E-state index in [4.69, 9.17) is 0 Å². The highest BCUT2D eigenvalue weighted by molar-refractivity contribution is 5.67. The Labute approximate surface area is 127 Å². The van der Waals surface area contributed by atoms with E-state index in [0.717, 1.165) is 35.4 Å². The van der Waals surface area contributed by atoms with Gasteiger partial charge in [-0.3, -0.25) is 0 Å². The summed E-state index contributed by atoms with van der Waals surface area (Å²) in [6.45, 7) is 7.74. The van der Waals surface area contributed by atoms with E-state index in [0.29, 0.717) is 5.92 Å². The minimum atomic E-state index is 0.442. The smallest absolute Gasteiger partial charge is 0.152 e. The van der Waals surface area contributed by atoms with Crippen LogP contribution >= 0.6 is 0 Å². The van der Waals surface area contributed by atoms with Gasteiger partial charge in [-0.15, -0.1) is 0 Å². The van der Waals surface area contributed by atoms with E-state index in [1.165, 1.54) is 25.7 Å². The van der Waals surface area contributed by atoms with Crippen LogP contribution in [0.15, 0.2) is 18.5 Å². The van der Waals surface area contributed by atoms with Crippen molar-refractivity contribution in [2.75, 3.05) is 11.9 Å². The lowest BCUT2D eigenvalue weighted by Crippen LogP contribution is -2.21. The Bertz CT molecular complexity index is 602. The van der Waals surface area contributed by atoms with E-state index in [-0.39, 0.29) is 0 Å². The molecule has 0 saturated heterocycles. The average Bonchev–Trinajstić information content (AvgIpc) is 2.90. The standard InChI is InChI=1S/C17H26N4/c1-12(2)15-10-16-17(18-7-8-21(16)20-15)19-11-14-6-4-5-13(3)9-14/h7-8,10,12-14H,4-6,9,11H2,1-3H3,(H,18,19). The van der Waals surface area contributed by atoms with E-state index in [9.17, 15) is 0 Å². The number of hydrogen-bond acceptors (Lipinski definition) is 3. The molecule has 1 N–H and O–H groups in total. The number of hydrogen-bond donors (Lipinski definition) is 1. The number of rotatable bonds is 4. The maximum atomic E-state index is 4.62. The summed E-state index contributed by atoms with van der Waals surface area (Å²) in [5, 5.41) is 8.17. The first-order valence-electron chi connectivity index (χ1n) is 8.21. The van der Waals surface area contributed by atoms with Gasteiger partial charge in [0.2, 0.25) is 0 Å². The monoisotopic (exact) mass is 286 g/mol. The Hall–Kier alpha value is -1.58. The van der Waals surface area contributed by atoms with Crippen molar-refractivity contribution in [1.29, 1.82) is 0 Å². The van der Waals surface area contributed by atoms with Crippen LogP contribution in [0.3, 0.4) is 0 Å². The fourth-order valence-electron chi connectivity index (χ4n) is 3.35. The summed E-state index contributed by atoms with van der Waals surface area (Å²) in [4.78, 5) is 4.51. The van der Waals surface area contributed by atoms with E-state index in [2.05, 4.69) is 42.2 Å². The summed E-state index contributed by atoms with van der Waals surface area (Å²) >= 11 is 0. The molecule has 4 heteroatoms. The molecular weight excluding hydrogens is 260 g/mol. The third-order valence-corrected chi connectivity index (χ3v) is 4.60. The maximum Gasteiger partial charge on any atom is 0.152 e. The van der Waals surface area contributed by atoms with Gasteiger partial charge in [0.15, 0.2) is 5.82 Å². The van der Waals surface area contributed by atoms with Crippen LogP contribution < -0.4 is 5.32 Å². The lowest BCUT2D eigenvalue weighted by atomic mass is 9.82. The minimum absolute atomic E-state index is 0.442. The summed E-state index contributed by atoms with van der Waals surface area (Å²) in [6.07, 6.45) is 9.20. The fraction of sp³-hybridized carbons (Fsp3) is 0.647. The Balaban J connectivity index is 1.74. The molecule has 3 rings (SSSR count). The number of nitrogens with zero attached hydrogens (tertiary/aromatic N) is 3. The topological polar surface area (TPSA) is 42.2 Å². The van der Waals surface area contributed by atoms with Crippen molar-refractivity contribution in [3.8, 4) is 0 Å². The highest BCUT2D eigenvalue weighted by atomic mass is 15.2. The Morgan fingerprint density at radius 1 is 1.38 bits per heavy atom. The Morgan fingerprint density at radius 3 is 3.00 bits per heavy atom. The molecule has 4 nitrogen and oxygen atoms in total. The van der Waals surface area contributed by atoms with E-state index in [1.807, 2.05) is 16.9 Å². The number of anilines is 1. The molecule has 1 aliphatic carbocycles. The summed E-state index contributed by atoms with van der Waals surface area (Å²) in [7, 11) is 0.